The van der Waals surface area contributed by atoms with E-state index in [0.717, 1.165) is 55.4 Å². The fraction of sp³-hybridized carbons (Fsp3) is 0. The highest BCUT2D eigenvalue weighted by Gasteiger charge is 2.22. The maximum absolute atomic E-state index is 6.44. The predicted octanol–water partition coefficient (Wildman–Crippen LogP) is 10.5. The van der Waals surface area contributed by atoms with E-state index in [-0.39, 0.29) is 0 Å². The van der Waals surface area contributed by atoms with Crippen LogP contribution in [0.15, 0.2) is 150 Å². The molecule has 5 heteroatoms. The fourth-order valence-corrected chi connectivity index (χ4v) is 7.13. The second-order valence-corrected chi connectivity index (χ2v) is 11.6. The minimum absolute atomic E-state index is 0.555. The van der Waals surface area contributed by atoms with Gasteiger partial charge in [-0.25, -0.2) is 4.98 Å². The van der Waals surface area contributed by atoms with Crippen LogP contribution in [0.3, 0.4) is 0 Å². The molecular weight excluding hydrogens is 564 g/mol. The van der Waals surface area contributed by atoms with Crippen LogP contribution in [-0.2, 0) is 0 Å². The molecule has 214 valence electrons. The SMILES string of the molecule is c1ccc(-c2nc3ccccc3c3nc4oc5ccc(-c6c7ccccc7c(-c7cccnc7)c7ccccc67)cc5n4c23)cc1. The monoisotopic (exact) mass is 588 g/mol. The lowest BCUT2D eigenvalue weighted by molar-refractivity contribution is 0.643. The number of oxazole rings is 1. The van der Waals surface area contributed by atoms with Gasteiger partial charge in [0.1, 0.15) is 11.0 Å². The molecule has 0 aliphatic rings. The topological polar surface area (TPSA) is 56.2 Å². The van der Waals surface area contributed by atoms with Crippen LogP contribution >= 0.6 is 0 Å². The van der Waals surface area contributed by atoms with E-state index in [9.17, 15) is 0 Å². The largest absolute Gasteiger partial charge is 0.423 e. The molecule has 0 aliphatic heterocycles. The summed E-state index contributed by atoms with van der Waals surface area (Å²) in [6.45, 7) is 0. The lowest BCUT2D eigenvalue weighted by atomic mass is 9.86. The second kappa shape index (κ2) is 9.58. The average molecular weight is 589 g/mol. The molecule has 10 rings (SSSR count). The van der Waals surface area contributed by atoms with Gasteiger partial charge in [-0.3, -0.25) is 9.38 Å². The molecule has 0 saturated carbocycles. The Morgan fingerprint density at radius 2 is 1.15 bits per heavy atom. The molecule has 6 aromatic carbocycles. The van der Waals surface area contributed by atoms with Gasteiger partial charge in [0, 0.05) is 28.9 Å². The van der Waals surface area contributed by atoms with Crippen LogP contribution in [-0.4, -0.2) is 19.4 Å². The molecule has 0 saturated heterocycles. The first kappa shape index (κ1) is 25.0. The van der Waals surface area contributed by atoms with Gasteiger partial charge in [-0.2, -0.15) is 4.98 Å². The van der Waals surface area contributed by atoms with Gasteiger partial charge in [0.05, 0.1) is 16.7 Å². The number of aromatic nitrogens is 4. The van der Waals surface area contributed by atoms with Crippen molar-refractivity contribution in [1.29, 1.82) is 0 Å². The molecule has 0 N–H and O–H groups in total. The Morgan fingerprint density at radius 3 is 1.85 bits per heavy atom. The molecule has 0 amide bonds. The first-order valence-corrected chi connectivity index (χ1v) is 15.4. The van der Waals surface area contributed by atoms with E-state index in [0.29, 0.717) is 5.84 Å². The Morgan fingerprint density at radius 1 is 0.522 bits per heavy atom. The van der Waals surface area contributed by atoms with Crippen molar-refractivity contribution in [3.05, 3.63) is 146 Å². The third-order valence-corrected chi connectivity index (χ3v) is 9.08. The molecule has 0 radical (unpaired) electrons. The molecular formula is C41H24N4O. The third-order valence-electron chi connectivity index (χ3n) is 9.08. The van der Waals surface area contributed by atoms with Gasteiger partial charge in [-0.05, 0) is 62.5 Å². The van der Waals surface area contributed by atoms with E-state index in [2.05, 4.69) is 100 Å². The van der Waals surface area contributed by atoms with E-state index in [1.165, 1.54) is 32.7 Å². The molecule has 46 heavy (non-hydrogen) atoms. The Balaban J connectivity index is 1.32. The van der Waals surface area contributed by atoms with Crippen molar-refractivity contribution in [1.82, 2.24) is 19.4 Å². The number of pyridine rings is 2. The Bertz CT molecular complexity index is 2740. The highest BCUT2D eigenvalue weighted by atomic mass is 16.4. The van der Waals surface area contributed by atoms with E-state index >= 15 is 0 Å². The Kier molecular flexibility index (Phi) is 5.22. The van der Waals surface area contributed by atoms with Crippen molar-refractivity contribution in [3.63, 3.8) is 0 Å². The van der Waals surface area contributed by atoms with E-state index < -0.39 is 0 Å². The summed E-state index contributed by atoms with van der Waals surface area (Å²) in [5.41, 5.74) is 11.0. The maximum atomic E-state index is 6.44. The molecule has 5 nitrogen and oxygen atoms in total. The summed E-state index contributed by atoms with van der Waals surface area (Å²) in [5.74, 6) is 0.555. The summed E-state index contributed by atoms with van der Waals surface area (Å²) < 4.78 is 8.58. The van der Waals surface area contributed by atoms with Gasteiger partial charge in [0.2, 0.25) is 0 Å². The van der Waals surface area contributed by atoms with Crippen molar-refractivity contribution >= 4 is 60.4 Å². The van der Waals surface area contributed by atoms with Crippen molar-refractivity contribution in [2.75, 3.05) is 0 Å². The summed E-state index contributed by atoms with van der Waals surface area (Å²) in [6.07, 6.45) is 3.78. The van der Waals surface area contributed by atoms with Crippen molar-refractivity contribution in [2.45, 2.75) is 0 Å². The molecule has 0 aliphatic carbocycles. The zero-order valence-electron chi connectivity index (χ0n) is 24.6. The standard InChI is InChI=1S/C41H24N4O/c1-2-11-25(12-3-1)38-40-39(32-18-8-9-19-33(32)43-38)44-41-45(40)34-23-26(20-21-35(34)46-41)36-28-14-4-6-16-30(28)37(27-13-10-22-42-24-27)31-17-7-5-15-29(31)36/h1-24H. The van der Waals surface area contributed by atoms with E-state index in [1.54, 1.807) is 0 Å². The summed E-state index contributed by atoms with van der Waals surface area (Å²) in [5, 5.41) is 5.76. The van der Waals surface area contributed by atoms with Crippen molar-refractivity contribution in [3.8, 4) is 33.5 Å². The normalized spacial score (nSPS) is 11.9. The molecule has 0 fully saturated rings. The van der Waals surface area contributed by atoms with Gasteiger partial charge in [0.25, 0.3) is 0 Å². The summed E-state index contributed by atoms with van der Waals surface area (Å²) >= 11 is 0. The molecule has 0 spiro atoms. The summed E-state index contributed by atoms with van der Waals surface area (Å²) in [4.78, 5) is 14.7. The highest BCUT2D eigenvalue weighted by Crippen LogP contribution is 2.44. The average Bonchev–Trinajstić information content (AvgIpc) is 3.67. The predicted molar refractivity (Wildman–Crippen MR) is 187 cm³/mol. The van der Waals surface area contributed by atoms with Crippen LogP contribution in [0.5, 0.6) is 0 Å². The first-order valence-electron chi connectivity index (χ1n) is 15.4. The maximum Gasteiger partial charge on any atom is 0.307 e. The number of hydrogen-bond donors (Lipinski definition) is 0. The molecule has 0 bridgehead atoms. The number of hydrogen-bond acceptors (Lipinski definition) is 4. The Hall–Kier alpha value is -6.33. The molecule has 4 heterocycles. The first-order chi connectivity index (χ1) is 22.8. The quantitative estimate of drug-likeness (QED) is 0.193. The van der Waals surface area contributed by atoms with Gasteiger partial charge >= 0.3 is 5.84 Å². The minimum Gasteiger partial charge on any atom is -0.423 e. The number of benzene rings is 6. The number of nitrogens with zero attached hydrogens (tertiary/aromatic N) is 4. The van der Waals surface area contributed by atoms with Crippen LogP contribution in [0.1, 0.15) is 0 Å². The smallest absolute Gasteiger partial charge is 0.307 e. The molecule has 4 aromatic heterocycles. The highest BCUT2D eigenvalue weighted by molar-refractivity contribution is 6.21. The van der Waals surface area contributed by atoms with Crippen molar-refractivity contribution < 1.29 is 4.42 Å². The number of para-hydroxylation sites is 1. The molecule has 0 unspecified atom stereocenters. The molecule has 10 aromatic rings. The van der Waals surface area contributed by atoms with Gasteiger partial charge < -0.3 is 4.42 Å². The number of rotatable bonds is 3. The third kappa shape index (κ3) is 3.54. The molecule has 0 atom stereocenters. The minimum atomic E-state index is 0.555. The zero-order chi connectivity index (χ0) is 30.2. The van der Waals surface area contributed by atoms with Gasteiger partial charge in [-0.1, -0.05) is 109 Å². The lowest BCUT2D eigenvalue weighted by Gasteiger charge is -2.17. The van der Waals surface area contributed by atoms with Crippen LogP contribution in [0.4, 0.5) is 0 Å². The summed E-state index contributed by atoms with van der Waals surface area (Å²) in [6, 6.07) is 46.5. The van der Waals surface area contributed by atoms with Crippen LogP contribution in [0, 0.1) is 0 Å². The summed E-state index contributed by atoms with van der Waals surface area (Å²) in [7, 11) is 0. The number of imidazole rings is 1. The van der Waals surface area contributed by atoms with E-state index in [4.69, 9.17) is 14.4 Å². The van der Waals surface area contributed by atoms with Crippen LogP contribution < -0.4 is 0 Å². The second-order valence-electron chi connectivity index (χ2n) is 11.6. The van der Waals surface area contributed by atoms with Crippen molar-refractivity contribution in [2.24, 2.45) is 0 Å². The van der Waals surface area contributed by atoms with Crippen LogP contribution in [0.2, 0.25) is 0 Å². The van der Waals surface area contributed by atoms with Gasteiger partial charge in [0.15, 0.2) is 5.58 Å². The fourth-order valence-electron chi connectivity index (χ4n) is 7.13. The Labute approximate surface area is 263 Å². The lowest BCUT2D eigenvalue weighted by Crippen LogP contribution is -1.93. The number of fused-ring (bicyclic) bond motifs is 9. The van der Waals surface area contributed by atoms with Gasteiger partial charge in [-0.15, -0.1) is 0 Å². The van der Waals surface area contributed by atoms with E-state index in [1.807, 2.05) is 54.9 Å². The van der Waals surface area contributed by atoms with Crippen LogP contribution in [0.25, 0.3) is 93.9 Å². The zero-order valence-corrected chi connectivity index (χ0v) is 24.6.